The molecular weight excluding hydrogens is 350 g/mol. The van der Waals surface area contributed by atoms with E-state index in [1.807, 2.05) is 24.3 Å². The van der Waals surface area contributed by atoms with Crippen molar-refractivity contribution in [2.24, 2.45) is 5.10 Å². The Morgan fingerprint density at radius 2 is 1.36 bits per heavy atom. The fourth-order valence-electron chi connectivity index (χ4n) is 3.12. The number of rotatable bonds is 4. The summed E-state index contributed by atoms with van der Waals surface area (Å²) in [6.07, 6.45) is 4.20. The first kappa shape index (κ1) is 19.8. The largest absolute Gasteiger partial charge is 0.322 e. The summed E-state index contributed by atoms with van der Waals surface area (Å²) in [5.41, 5.74) is 6.64. The Kier molecular flexibility index (Phi) is 5.93. The lowest BCUT2D eigenvalue weighted by Gasteiger charge is -2.19. The predicted molar refractivity (Wildman–Crippen MR) is 113 cm³/mol. The molecule has 3 rings (SSSR count). The van der Waals surface area contributed by atoms with E-state index in [4.69, 9.17) is 0 Å². The third kappa shape index (κ3) is 5.06. The van der Waals surface area contributed by atoms with Crippen molar-refractivity contribution in [2.75, 3.05) is 5.32 Å². The summed E-state index contributed by atoms with van der Waals surface area (Å²) < 4.78 is 0. The molecule has 2 aromatic carbocycles. The zero-order chi connectivity index (χ0) is 20.1. The third-order valence-corrected chi connectivity index (χ3v) is 4.91. The van der Waals surface area contributed by atoms with Gasteiger partial charge in [0.2, 0.25) is 0 Å². The molecule has 0 saturated heterocycles. The van der Waals surface area contributed by atoms with Gasteiger partial charge in [0.25, 0.3) is 11.8 Å². The van der Waals surface area contributed by atoms with E-state index in [1.165, 1.54) is 5.56 Å². The van der Waals surface area contributed by atoms with Crippen LogP contribution in [0.1, 0.15) is 72.7 Å². The normalized spacial score (nSPS) is 13.9. The van der Waals surface area contributed by atoms with Gasteiger partial charge in [-0.15, -0.1) is 0 Å². The van der Waals surface area contributed by atoms with Crippen molar-refractivity contribution in [2.45, 2.75) is 51.9 Å². The number of hydrogen-bond donors (Lipinski definition) is 2. The maximum atomic E-state index is 12.4. The van der Waals surface area contributed by atoms with E-state index in [2.05, 4.69) is 36.6 Å². The summed E-state index contributed by atoms with van der Waals surface area (Å²) in [6, 6.07) is 14.4. The summed E-state index contributed by atoms with van der Waals surface area (Å²) in [5.74, 6) is -0.416. The van der Waals surface area contributed by atoms with Crippen LogP contribution in [0.3, 0.4) is 0 Å². The second-order valence-electron chi connectivity index (χ2n) is 8.18. The van der Waals surface area contributed by atoms with Crippen molar-refractivity contribution in [3.8, 4) is 0 Å². The summed E-state index contributed by atoms with van der Waals surface area (Å²) >= 11 is 0. The molecule has 1 saturated carbocycles. The van der Waals surface area contributed by atoms with E-state index in [9.17, 15) is 9.59 Å². The first-order valence-corrected chi connectivity index (χ1v) is 9.71. The topological polar surface area (TPSA) is 70.6 Å². The molecular formula is C23H27N3O2. The zero-order valence-corrected chi connectivity index (χ0v) is 16.7. The average molecular weight is 377 g/mol. The minimum Gasteiger partial charge on any atom is -0.322 e. The zero-order valence-electron chi connectivity index (χ0n) is 16.7. The van der Waals surface area contributed by atoms with Gasteiger partial charge in [0.05, 0.1) is 0 Å². The Labute approximate surface area is 166 Å². The molecule has 5 nitrogen and oxygen atoms in total. The van der Waals surface area contributed by atoms with Crippen molar-refractivity contribution in [3.05, 3.63) is 65.2 Å². The monoisotopic (exact) mass is 377 g/mol. The number of carbonyl (C=O) groups excluding carboxylic acids is 2. The van der Waals surface area contributed by atoms with Crippen molar-refractivity contribution in [3.63, 3.8) is 0 Å². The Bertz CT molecular complexity index is 868. The lowest BCUT2D eigenvalue weighted by Crippen LogP contribution is -2.19. The van der Waals surface area contributed by atoms with Crippen LogP contribution >= 0.6 is 0 Å². The van der Waals surface area contributed by atoms with Gasteiger partial charge in [0, 0.05) is 22.5 Å². The molecule has 1 fully saturated rings. The molecule has 0 heterocycles. The minimum absolute atomic E-state index is 0.0496. The number of carbonyl (C=O) groups is 2. The van der Waals surface area contributed by atoms with Gasteiger partial charge in [-0.05, 0) is 73.1 Å². The van der Waals surface area contributed by atoms with Crippen LogP contribution in [0.4, 0.5) is 5.69 Å². The molecule has 5 heteroatoms. The van der Waals surface area contributed by atoms with E-state index in [0.717, 1.165) is 31.4 Å². The quantitative estimate of drug-likeness (QED) is 0.744. The second-order valence-corrected chi connectivity index (χ2v) is 8.18. The molecule has 28 heavy (non-hydrogen) atoms. The molecule has 0 aromatic heterocycles. The third-order valence-electron chi connectivity index (χ3n) is 4.91. The fourth-order valence-corrected chi connectivity index (χ4v) is 3.12. The van der Waals surface area contributed by atoms with Crippen LogP contribution in [0.5, 0.6) is 0 Å². The molecule has 0 atom stereocenters. The first-order valence-electron chi connectivity index (χ1n) is 9.71. The number of anilines is 1. The maximum Gasteiger partial charge on any atom is 0.271 e. The number of hydrazone groups is 1. The molecule has 0 radical (unpaired) electrons. The predicted octanol–water partition coefficient (Wildman–Crippen LogP) is 4.90. The van der Waals surface area contributed by atoms with Crippen molar-refractivity contribution < 1.29 is 9.59 Å². The Balaban J connectivity index is 1.59. The first-order chi connectivity index (χ1) is 13.3. The molecule has 0 bridgehead atoms. The minimum atomic E-state index is -0.241. The highest BCUT2D eigenvalue weighted by Gasteiger charge is 2.15. The van der Waals surface area contributed by atoms with Crippen molar-refractivity contribution in [1.29, 1.82) is 0 Å². The van der Waals surface area contributed by atoms with E-state index in [0.29, 0.717) is 16.8 Å². The van der Waals surface area contributed by atoms with Gasteiger partial charge in [-0.2, -0.15) is 5.10 Å². The number of nitrogens with zero attached hydrogens (tertiary/aromatic N) is 1. The molecule has 2 N–H and O–H groups in total. The molecule has 0 spiro atoms. The average Bonchev–Trinajstić information content (AvgIpc) is 3.20. The lowest BCUT2D eigenvalue weighted by molar-refractivity contribution is 0.0954. The van der Waals surface area contributed by atoms with Gasteiger partial charge < -0.3 is 5.32 Å². The van der Waals surface area contributed by atoms with Crippen molar-refractivity contribution >= 4 is 23.2 Å². The highest BCUT2D eigenvalue weighted by atomic mass is 16.2. The van der Waals surface area contributed by atoms with Gasteiger partial charge in [0.15, 0.2) is 0 Å². The Hall–Kier alpha value is -2.95. The molecule has 2 amide bonds. The van der Waals surface area contributed by atoms with Crippen LogP contribution in [0, 0.1) is 0 Å². The summed E-state index contributed by atoms with van der Waals surface area (Å²) in [7, 11) is 0. The standard InChI is InChI=1S/C23H27N3O2/c1-23(2,3)18-12-8-16(9-13-18)21(27)24-19-14-10-17(11-15-19)22(28)26-25-20-6-4-5-7-20/h8-15H,4-7H2,1-3H3,(H,24,27)(H,26,28). The maximum absolute atomic E-state index is 12.4. The van der Waals surface area contributed by atoms with E-state index in [1.54, 1.807) is 24.3 Å². The summed E-state index contributed by atoms with van der Waals surface area (Å²) in [6.45, 7) is 6.42. The van der Waals surface area contributed by atoms with Gasteiger partial charge in [-0.1, -0.05) is 32.9 Å². The number of benzene rings is 2. The van der Waals surface area contributed by atoms with Crippen molar-refractivity contribution in [1.82, 2.24) is 5.43 Å². The van der Waals surface area contributed by atoms with Gasteiger partial charge in [-0.25, -0.2) is 5.43 Å². The number of amides is 2. The van der Waals surface area contributed by atoms with E-state index >= 15 is 0 Å². The van der Waals surface area contributed by atoms with Crippen LogP contribution in [-0.4, -0.2) is 17.5 Å². The van der Waals surface area contributed by atoms with E-state index in [-0.39, 0.29) is 17.2 Å². The van der Waals surface area contributed by atoms with Gasteiger partial charge in [0.1, 0.15) is 0 Å². The molecule has 2 aromatic rings. The smallest absolute Gasteiger partial charge is 0.271 e. The second kappa shape index (κ2) is 8.38. The van der Waals surface area contributed by atoms with Gasteiger partial charge >= 0.3 is 0 Å². The summed E-state index contributed by atoms with van der Waals surface area (Å²) in [4.78, 5) is 24.6. The number of hydrogen-bond acceptors (Lipinski definition) is 3. The molecule has 0 aliphatic heterocycles. The van der Waals surface area contributed by atoms with Crippen LogP contribution in [0.15, 0.2) is 53.6 Å². The van der Waals surface area contributed by atoms with Crippen LogP contribution in [-0.2, 0) is 5.41 Å². The molecule has 0 unspecified atom stereocenters. The highest BCUT2D eigenvalue weighted by molar-refractivity contribution is 6.04. The molecule has 146 valence electrons. The summed E-state index contributed by atoms with van der Waals surface area (Å²) in [5, 5.41) is 7.04. The number of nitrogens with one attached hydrogen (secondary N) is 2. The Morgan fingerprint density at radius 3 is 1.93 bits per heavy atom. The SMILES string of the molecule is CC(C)(C)c1ccc(C(=O)Nc2ccc(C(=O)NN=C3CCCC3)cc2)cc1. The van der Waals surface area contributed by atoms with Gasteiger partial charge in [-0.3, -0.25) is 9.59 Å². The van der Waals surface area contributed by atoms with Crippen LogP contribution < -0.4 is 10.7 Å². The fraction of sp³-hybridized carbons (Fsp3) is 0.348. The van der Waals surface area contributed by atoms with Crippen LogP contribution in [0.2, 0.25) is 0 Å². The van der Waals surface area contributed by atoms with E-state index < -0.39 is 0 Å². The Morgan fingerprint density at radius 1 is 0.821 bits per heavy atom. The van der Waals surface area contributed by atoms with Crippen LogP contribution in [0.25, 0.3) is 0 Å². The molecule has 1 aliphatic rings. The highest BCUT2D eigenvalue weighted by Crippen LogP contribution is 2.22. The lowest BCUT2D eigenvalue weighted by atomic mass is 9.87. The molecule has 1 aliphatic carbocycles.